The van der Waals surface area contributed by atoms with Crippen LogP contribution in [0.2, 0.25) is 0 Å². The van der Waals surface area contributed by atoms with Crippen LogP contribution < -0.4 is 0 Å². The van der Waals surface area contributed by atoms with Gasteiger partial charge < -0.3 is 19.7 Å². The van der Waals surface area contributed by atoms with Gasteiger partial charge in [0.05, 0.1) is 12.2 Å². The van der Waals surface area contributed by atoms with Crippen LogP contribution in [0.1, 0.15) is 66.2 Å². The molecule has 0 aromatic rings. The number of allylic oxidation sites excluding steroid dienone is 2. The summed E-state index contributed by atoms with van der Waals surface area (Å²) in [6.07, 6.45) is 7.01. The van der Waals surface area contributed by atoms with Crippen LogP contribution in [0.4, 0.5) is 0 Å². The molecule has 3 saturated carbocycles. The molecule has 0 bridgehead atoms. The van der Waals surface area contributed by atoms with Gasteiger partial charge in [-0.3, -0.25) is 9.59 Å². The Kier molecular flexibility index (Phi) is 5.29. The van der Waals surface area contributed by atoms with E-state index in [1.807, 2.05) is 6.92 Å². The fourth-order valence-electron chi connectivity index (χ4n) is 8.99. The highest BCUT2D eigenvalue weighted by Gasteiger charge is 2.76. The number of carbonyl (C=O) groups is 2. The van der Waals surface area contributed by atoms with Crippen molar-refractivity contribution in [1.82, 2.24) is 0 Å². The molecule has 1 aliphatic heterocycles. The summed E-state index contributed by atoms with van der Waals surface area (Å²) in [5.41, 5.74) is -2.03. The van der Waals surface area contributed by atoms with Gasteiger partial charge in [-0.15, -0.1) is 0 Å². The number of hydrogen-bond donors (Lipinski definition) is 2. The largest absolute Gasteiger partial charge is 0.393 e. The molecule has 5 aliphatic rings. The zero-order valence-corrected chi connectivity index (χ0v) is 19.8. The number of hydrogen-bond acceptors (Lipinski definition) is 6. The first kappa shape index (κ1) is 22.7. The van der Waals surface area contributed by atoms with Crippen LogP contribution in [0.25, 0.3) is 0 Å². The summed E-state index contributed by atoms with van der Waals surface area (Å²) in [4.78, 5) is 25.7. The molecule has 178 valence electrons. The summed E-state index contributed by atoms with van der Waals surface area (Å²) < 4.78 is 12.7. The fourth-order valence-corrected chi connectivity index (χ4v) is 8.99. The molecule has 0 amide bonds. The molecular formula is C26H38O6. The van der Waals surface area contributed by atoms with Crippen molar-refractivity contribution < 1.29 is 29.3 Å². The van der Waals surface area contributed by atoms with Crippen LogP contribution in [-0.2, 0) is 19.1 Å². The van der Waals surface area contributed by atoms with E-state index >= 15 is 0 Å². The van der Waals surface area contributed by atoms with Gasteiger partial charge in [-0.1, -0.05) is 40.2 Å². The van der Waals surface area contributed by atoms with Crippen LogP contribution in [0, 0.1) is 40.4 Å². The van der Waals surface area contributed by atoms with E-state index in [-0.39, 0.29) is 52.7 Å². The zero-order valence-electron chi connectivity index (χ0n) is 19.8. The molecule has 0 radical (unpaired) electrons. The van der Waals surface area contributed by atoms with E-state index in [0.29, 0.717) is 12.8 Å². The molecule has 0 aromatic carbocycles. The summed E-state index contributed by atoms with van der Waals surface area (Å²) in [6.45, 7) is 7.81. The quantitative estimate of drug-likeness (QED) is 0.690. The second-order valence-corrected chi connectivity index (χ2v) is 11.6. The Labute approximate surface area is 190 Å². The Hall–Kier alpha value is -1.08. The molecule has 32 heavy (non-hydrogen) atoms. The van der Waals surface area contributed by atoms with Gasteiger partial charge in [-0.2, -0.15) is 0 Å². The smallest absolute Gasteiger partial charge is 0.193 e. The number of carbonyl (C=O) groups excluding carboxylic acids is 2. The first-order valence-electron chi connectivity index (χ1n) is 12.5. The number of aliphatic hydroxyl groups excluding tert-OH is 2. The standard InChI is InChI=1S/C26H38O6/c1-5-6-22-31-21-11-17-15-7-8-16-14(2)18(28)9-10-24(16,3)23(15)19(29)12-25(17,4)26(21,32-22)20(30)13-27/h9-10,14-17,19,21-23,27,29H,5-8,11-13H2,1-4H3. The minimum absolute atomic E-state index is 0.0294. The minimum Gasteiger partial charge on any atom is -0.393 e. The lowest BCUT2D eigenvalue weighted by Gasteiger charge is -2.62. The predicted octanol–water partition coefficient (Wildman–Crippen LogP) is 3.04. The van der Waals surface area contributed by atoms with E-state index in [9.17, 15) is 19.8 Å². The summed E-state index contributed by atoms with van der Waals surface area (Å²) in [7, 11) is 0. The van der Waals surface area contributed by atoms with Crippen molar-refractivity contribution in [2.45, 2.75) is 90.3 Å². The van der Waals surface area contributed by atoms with Crippen molar-refractivity contribution in [3.63, 3.8) is 0 Å². The molecular weight excluding hydrogens is 408 g/mol. The second-order valence-electron chi connectivity index (χ2n) is 11.6. The number of aliphatic hydroxyl groups is 2. The maximum atomic E-state index is 13.3. The number of Topliss-reactive ketones (excluding diaryl/α,β-unsaturated/α-hetero) is 1. The van der Waals surface area contributed by atoms with Crippen molar-refractivity contribution in [1.29, 1.82) is 0 Å². The third kappa shape index (κ3) is 2.67. The molecule has 0 aromatic heterocycles. The van der Waals surface area contributed by atoms with E-state index in [0.717, 1.165) is 25.7 Å². The predicted molar refractivity (Wildman–Crippen MR) is 117 cm³/mol. The topological polar surface area (TPSA) is 93.1 Å². The first-order chi connectivity index (χ1) is 15.1. The summed E-state index contributed by atoms with van der Waals surface area (Å²) in [6, 6.07) is 0. The molecule has 2 N–H and O–H groups in total. The lowest BCUT2D eigenvalue weighted by Crippen LogP contribution is -2.64. The van der Waals surface area contributed by atoms with E-state index in [2.05, 4.69) is 26.8 Å². The van der Waals surface area contributed by atoms with Crippen molar-refractivity contribution in [3.8, 4) is 0 Å². The SMILES string of the molecule is CCCC1OC2CC3C4CCC5C(C)C(=O)C=CC5(C)C4C(O)CC3(C)C2(C(=O)CO)O1. The lowest BCUT2D eigenvalue weighted by atomic mass is 9.43. The average Bonchev–Trinajstić information content (AvgIpc) is 3.23. The van der Waals surface area contributed by atoms with E-state index in [1.54, 1.807) is 6.08 Å². The van der Waals surface area contributed by atoms with Gasteiger partial charge in [-0.05, 0) is 67.3 Å². The maximum absolute atomic E-state index is 13.3. The fraction of sp³-hybridized carbons (Fsp3) is 0.846. The van der Waals surface area contributed by atoms with Crippen molar-refractivity contribution >= 4 is 11.6 Å². The molecule has 4 aliphatic carbocycles. The van der Waals surface area contributed by atoms with Gasteiger partial charge >= 0.3 is 0 Å². The molecule has 1 heterocycles. The Bertz CT molecular complexity index is 838. The highest BCUT2D eigenvalue weighted by molar-refractivity contribution is 5.93. The monoisotopic (exact) mass is 446 g/mol. The summed E-state index contributed by atoms with van der Waals surface area (Å²) in [5, 5.41) is 21.6. The lowest BCUT2D eigenvalue weighted by molar-refractivity contribution is -0.210. The maximum Gasteiger partial charge on any atom is 0.193 e. The summed E-state index contributed by atoms with van der Waals surface area (Å²) >= 11 is 0. The molecule has 11 unspecified atom stereocenters. The number of fused-ring (bicyclic) bond motifs is 7. The van der Waals surface area contributed by atoms with E-state index < -0.39 is 30.0 Å². The van der Waals surface area contributed by atoms with Crippen LogP contribution in [-0.4, -0.2) is 52.5 Å². The Morgan fingerprint density at radius 2 is 2.00 bits per heavy atom. The van der Waals surface area contributed by atoms with Crippen LogP contribution in [0.3, 0.4) is 0 Å². The van der Waals surface area contributed by atoms with E-state index in [1.165, 1.54) is 0 Å². The van der Waals surface area contributed by atoms with Crippen LogP contribution >= 0.6 is 0 Å². The Morgan fingerprint density at radius 3 is 2.69 bits per heavy atom. The van der Waals surface area contributed by atoms with E-state index in [4.69, 9.17) is 9.47 Å². The third-order valence-electron chi connectivity index (χ3n) is 10.3. The normalized spacial score (nSPS) is 54.0. The van der Waals surface area contributed by atoms with Crippen molar-refractivity contribution in [2.24, 2.45) is 40.4 Å². The zero-order chi connectivity index (χ0) is 23.1. The van der Waals surface area contributed by atoms with Crippen LogP contribution in [0.5, 0.6) is 0 Å². The summed E-state index contributed by atoms with van der Waals surface area (Å²) in [5.74, 6) is 0.506. The first-order valence-corrected chi connectivity index (χ1v) is 12.5. The van der Waals surface area contributed by atoms with Gasteiger partial charge in [0.2, 0.25) is 0 Å². The Balaban J connectivity index is 1.55. The van der Waals surface area contributed by atoms with Gasteiger partial charge in [0.25, 0.3) is 0 Å². The molecule has 0 spiro atoms. The van der Waals surface area contributed by atoms with Gasteiger partial charge in [0.15, 0.2) is 23.5 Å². The highest BCUT2D eigenvalue weighted by Crippen LogP contribution is 2.70. The van der Waals surface area contributed by atoms with Gasteiger partial charge in [0, 0.05) is 11.3 Å². The molecule has 11 atom stereocenters. The third-order valence-corrected chi connectivity index (χ3v) is 10.3. The highest BCUT2D eigenvalue weighted by atomic mass is 16.7. The van der Waals surface area contributed by atoms with Gasteiger partial charge in [-0.25, -0.2) is 0 Å². The minimum atomic E-state index is -1.19. The average molecular weight is 447 g/mol. The van der Waals surface area contributed by atoms with Gasteiger partial charge in [0.1, 0.15) is 6.61 Å². The number of ketones is 2. The van der Waals surface area contributed by atoms with Crippen molar-refractivity contribution in [3.05, 3.63) is 12.2 Å². The number of rotatable bonds is 4. The second kappa shape index (κ2) is 7.46. The molecule has 4 fully saturated rings. The molecule has 1 saturated heterocycles. The molecule has 6 nitrogen and oxygen atoms in total. The molecule has 6 heteroatoms. The number of ether oxygens (including phenoxy) is 2. The molecule has 5 rings (SSSR count). The van der Waals surface area contributed by atoms with Crippen LogP contribution in [0.15, 0.2) is 12.2 Å². The van der Waals surface area contributed by atoms with Crippen molar-refractivity contribution in [2.75, 3.05) is 6.61 Å². The Morgan fingerprint density at radius 1 is 1.25 bits per heavy atom.